The zero-order valence-electron chi connectivity index (χ0n) is 7.80. The molecule has 2 nitrogen and oxygen atoms in total. The van der Waals surface area contributed by atoms with E-state index in [4.69, 9.17) is 0 Å². The van der Waals surface area contributed by atoms with E-state index in [0.717, 1.165) is 19.0 Å². The molecule has 0 amide bonds. The van der Waals surface area contributed by atoms with E-state index in [9.17, 15) is 13.2 Å². The average molecular weight is 204 g/mol. The van der Waals surface area contributed by atoms with Crippen LogP contribution in [0.25, 0.3) is 0 Å². The molecule has 1 aliphatic rings. The van der Waals surface area contributed by atoms with E-state index in [-0.39, 0.29) is 5.92 Å². The van der Waals surface area contributed by atoms with Crippen LogP contribution in [0.5, 0.6) is 0 Å². The van der Waals surface area contributed by atoms with Crippen LogP contribution in [0.3, 0.4) is 0 Å². The molecule has 1 saturated carbocycles. The Bertz CT molecular complexity index is 336. The van der Waals surface area contributed by atoms with E-state index in [0.29, 0.717) is 12.4 Å². The molecule has 14 heavy (non-hydrogen) atoms. The molecule has 0 unspecified atom stereocenters. The number of aromatic nitrogens is 2. The number of hydrogen-bond donors (Lipinski definition) is 0. The third-order valence-electron chi connectivity index (χ3n) is 2.38. The minimum Gasteiger partial charge on any atom is -0.334 e. The van der Waals surface area contributed by atoms with Gasteiger partial charge in [-0.2, -0.15) is 13.2 Å². The molecule has 0 radical (unpaired) electrons. The lowest BCUT2D eigenvalue weighted by Crippen LogP contribution is -2.05. The number of imidazole rings is 1. The molecule has 0 bridgehead atoms. The smallest absolute Gasteiger partial charge is 0.334 e. The normalized spacial score (nSPS) is 17.4. The summed E-state index contributed by atoms with van der Waals surface area (Å²) in [5, 5.41) is 0. The number of halogens is 3. The fourth-order valence-corrected chi connectivity index (χ4v) is 1.49. The van der Waals surface area contributed by atoms with E-state index in [1.807, 2.05) is 6.92 Å². The maximum atomic E-state index is 12.3. The Balaban J connectivity index is 2.35. The first kappa shape index (κ1) is 9.55. The van der Waals surface area contributed by atoms with E-state index >= 15 is 0 Å². The van der Waals surface area contributed by atoms with Gasteiger partial charge in [-0.25, -0.2) is 4.98 Å². The average Bonchev–Trinajstić information content (AvgIpc) is 2.82. The van der Waals surface area contributed by atoms with Gasteiger partial charge in [0.05, 0.1) is 0 Å². The van der Waals surface area contributed by atoms with Crippen molar-refractivity contribution in [2.24, 2.45) is 0 Å². The van der Waals surface area contributed by atoms with Crippen LogP contribution >= 0.6 is 0 Å². The second kappa shape index (κ2) is 3.00. The summed E-state index contributed by atoms with van der Waals surface area (Å²) < 4.78 is 38.6. The van der Waals surface area contributed by atoms with Gasteiger partial charge in [0.15, 0.2) is 5.69 Å². The summed E-state index contributed by atoms with van der Waals surface area (Å²) >= 11 is 0. The molecule has 0 aromatic carbocycles. The summed E-state index contributed by atoms with van der Waals surface area (Å²) in [5.74, 6) is 0.853. The van der Waals surface area contributed by atoms with Crippen molar-refractivity contribution in [3.8, 4) is 0 Å². The van der Waals surface area contributed by atoms with Crippen LogP contribution in [0.2, 0.25) is 0 Å². The van der Waals surface area contributed by atoms with Crippen molar-refractivity contribution in [2.45, 2.75) is 38.4 Å². The van der Waals surface area contributed by atoms with Crippen molar-refractivity contribution < 1.29 is 13.2 Å². The lowest BCUT2D eigenvalue weighted by atomic mass is 10.4. The highest BCUT2D eigenvalue weighted by Crippen LogP contribution is 2.41. The third kappa shape index (κ3) is 1.63. The molecule has 2 rings (SSSR count). The van der Waals surface area contributed by atoms with Gasteiger partial charge >= 0.3 is 6.18 Å². The van der Waals surface area contributed by atoms with Crippen LogP contribution in [0.4, 0.5) is 13.2 Å². The summed E-state index contributed by atoms with van der Waals surface area (Å²) in [6.07, 6.45) is -1.28. The van der Waals surface area contributed by atoms with Crippen LogP contribution in [0, 0.1) is 0 Å². The summed E-state index contributed by atoms with van der Waals surface area (Å²) in [6, 6.07) is 0. The summed E-state index contributed by atoms with van der Waals surface area (Å²) in [6.45, 7) is 2.38. The van der Waals surface area contributed by atoms with Crippen molar-refractivity contribution in [1.82, 2.24) is 9.55 Å². The van der Waals surface area contributed by atoms with Crippen LogP contribution in [-0.2, 0) is 12.7 Å². The molecular weight excluding hydrogens is 193 g/mol. The molecule has 0 N–H and O–H groups in total. The molecule has 0 spiro atoms. The Morgan fingerprint density at radius 1 is 1.50 bits per heavy atom. The number of rotatable bonds is 2. The van der Waals surface area contributed by atoms with E-state index < -0.39 is 11.9 Å². The first-order valence-corrected chi connectivity index (χ1v) is 4.66. The Labute approximate surface area is 79.8 Å². The monoisotopic (exact) mass is 204 g/mol. The lowest BCUT2D eigenvalue weighted by molar-refractivity contribution is -0.141. The van der Waals surface area contributed by atoms with E-state index in [2.05, 4.69) is 4.98 Å². The predicted octanol–water partition coefficient (Wildman–Crippen LogP) is 2.80. The SMILES string of the molecule is CCn1cc(C(F)(F)F)nc1C1CC1. The van der Waals surface area contributed by atoms with Crippen molar-refractivity contribution in [2.75, 3.05) is 0 Å². The number of hydrogen-bond acceptors (Lipinski definition) is 1. The highest BCUT2D eigenvalue weighted by molar-refractivity contribution is 5.14. The van der Waals surface area contributed by atoms with Gasteiger partial charge in [0, 0.05) is 18.7 Å². The fourth-order valence-electron chi connectivity index (χ4n) is 1.49. The molecule has 1 aromatic rings. The van der Waals surface area contributed by atoms with Gasteiger partial charge in [0.1, 0.15) is 5.82 Å². The Kier molecular flexibility index (Phi) is 2.05. The summed E-state index contributed by atoms with van der Waals surface area (Å²) in [7, 11) is 0. The molecular formula is C9H11F3N2. The van der Waals surface area contributed by atoms with Gasteiger partial charge in [-0.3, -0.25) is 0 Å². The predicted molar refractivity (Wildman–Crippen MR) is 44.9 cm³/mol. The van der Waals surface area contributed by atoms with Crippen LogP contribution < -0.4 is 0 Å². The molecule has 1 aromatic heterocycles. The second-order valence-corrected chi connectivity index (χ2v) is 3.54. The first-order chi connectivity index (χ1) is 6.52. The molecule has 0 saturated heterocycles. The standard InChI is InChI=1S/C9H11F3N2/c1-2-14-5-7(9(10,11)12)13-8(14)6-3-4-6/h5-6H,2-4H2,1H3. The minimum atomic E-state index is -4.32. The number of aryl methyl sites for hydroxylation is 1. The highest BCUT2D eigenvalue weighted by Gasteiger charge is 2.37. The van der Waals surface area contributed by atoms with Crippen LogP contribution in [-0.4, -0.2) is 9.55 Å². The highest BCUT2D eigenvalue weighted by atomic mass is 19.4. The van der Waals surface area contributed by atoms with Crippen molar-refractivity contribution in [3.63, 3.8) is 0 Å². The molecule has 1 aliphatic carbocycles. The molecule has 0 atom stereocenters. The van der Waals surface area contributed by atoms with Crippen LogP contribution in [0.15, 0.2) is 6.20 Å². The summed E-state index contributed by atoms with van der Waals surface area (Å²) in [4.78, 5) is 3.65. The van der Waals surface area contributed by atoms with Crippen molar-refractivity contribution in [3.05, 3.63) is 17.7 Å². The quantitative estimate of drug-likeness (QED) is 0.724. The molecule has 5 heteroatoms. The van der Waals surface area contributed by atoms with Gasteiger partial charge in [-0.1, -0.05) is 0 Å². The number of nitrogens with zero attached hydrogens (tertiary/aromatic N) is 2. The zero-order valence-corrected chi connectivity index (χ0v) is 7.80. The molecule has 78 valence electrons. The van der Waals surface area contributed by atoms with Gasteiger partial charge in [0.2, 0.25) is 0 Å². The minimum absolute atomic E-state index is 0.256. The van der Waals surface area contributed by atoms with Crippen molar-refractivity contribution >= 4 is 0 Å². The van der Waals surface area contributed by atoms with Crippen molar-refractivity contribution in [1.29, 1.82) is 0 Å². The fraction of sp³-hybridized carbons (Fsp3) is 0.667. The molecule has 1 heterocycles. The molecule has 1 fully saturated rings. The Hall–Kier alpha value is -1.00. The summed E-state index contributed by atoms with van der Waals surface area (Å²) in [5.41, 5.74) is -0.763. The second-order valence-electron chi connectivity index (χ2n) is 3.54. The Morgan fingerprint density at radius 2 is 2.14 bits per heavy atom. The topological polar surface area (TPSA) is 17.8 Å². The maximum Gasteiger partial charge on any atom is 0.434 e. The largest absolute Gasteiger partial charge is 0.434 e. The van der Waals surface area contributed by atoms with Gasteiger partial charge < -0.3 is 4.57 Å². The van der Waals surface area contributed by atoms with E-state index in [1.165, 1.54) is 0 Å². The Morgan fingerprint density at radius 3 is 2.57 bits per heavy atom. The zero-order chi connectivity index (χ0) is 10.3. The first-order valence-electron chi connectivity index (χ1n) is 4.66. The van der Waals surface area contributed by atoms with Crippen LogP contribution in [0.1, 0.15) is 37.2 Å². The lowest BCUT2D eigenvalue weighted by Gasteiger charge is -2.00. The number of alkyl halides is 3. The van der Waals surface area contributed by atoms with Gasteiger partial charge in [0.25, 0.3) is 0 Å². The van der Waals surface area contributed by atoms with E-state index in [1.54, 1.807) is 4.57 Å². The third-order valence-corrected chi connectivity index (χ3v) is 2.38. The van der Waals surface area contributed by atoms with Gasteiger partial charge in [-0.05, 0) is 19.8 Å². The molecule has 0 aliphatic heterocycles. The van der Waals surface area contributed by atoms with Gasteiger partial charge in [-0.15, -0.1) is 0 Å². The maximum absolute atomic E-state index is 12.3.